The first kappa shape index (κ1) is 10.0. The summed E-state index contributed by atoms with van der Waals surface area (Å²) in [5.74, 6) is 0.323. The molecule has 0 amide bonds. The predicted octanol–water partition coefficient (Wildman–Crippen LogP) is 1.26. The molecule has 0 fully saturated rings. The molecule has 0 unspecified atom stereocenters. The highest BCUT2D eigenvalue weighted by molar-refractivity contribution is 5.36. The molecule has 0 radical (unpaired) electrons. The van der Waals surface area contributed by atoms with Gasteiger partial charge in [-0.25, -0.2) is 0 Å². The predicted molar refractivity (Wildman–Crippen MR) is 51.6 cm³/mol. The number of rotatable bonds is 4. The lowest BCUT2D eigenvalue weighted by Crippen LogP contribution is -2.05. The Hall–Kier alpha value is -1.06. The summed E-state index contributed by atoms with van der Waals surface area (Å²) in [6.07, 6.45) is 0. The third-order valence-electron chi connectivity index (χ3n) is 1.83. The summed E-state index contributed by atoms with van der Waals surface area (Å²) in [5.41, 5.74) is 1.89. The summed E-state index contributed by atoms with van der Waals surface area (Å²) >= 11 is 0. The normalized spacial score (nSPS) is 10.3. The van der Waals surface area contributed by atoms with Crippen LogP contribution in [0.3, 0.4) is 0 Å². The molecule has 0 aliphatic rings. The smallest absolute Gasteiger partial charge is 0.120 e. The van der Waals surface area contributed by atoms with Gasteiger partial charge in [0.1, 0.15) is 5.75 Å². The lowest BCUT2D eigenvalue weighted by atomic mass is 10.1. The van der Waals surface area contributed by atoms with Crippen LogP contribution < -0.4 is 5.32 Å². The molecule has 0 saturated carbocycles. The van der Waals surface area contributed by atoms with Crippen LogP contribution in [0.2, 0.25) is 0 Å². The summed E-state index contributed by atoms with van der Waals surface area (Å²) in [5, 5.41) is 12.5. The number of hydrogen-bond donors (Lipinski definition) is 2. The Morgan fingerprint density at radius 1 is 1.46 bits per heavy atom. The lowest BCUT2D eigenvalue weighted by Gasteiger charge is -2.05. The number of phenols is 1. The third-order valence-corrected chi connectivity index (χ3v) is 1.83. The van der Waals surface area contributed by atoms with Crippen LogP contribution in [0.5, 0.6) is 5.75 Å². The van der Waals surface area contributed by atoms with E-state index in [9.17, 15) is 5.11 Å². The van der Waals surface area contributed by atoms with Crippen molar-refractivity contribution < 1.29 is 9.84 Å². The van der Waals surface area contributed by atoms with Crippen molar-refractivity contribution in [3.63, 3.8) is 0 Å². The zero-order valence-corrected chi connectivity index (χ0v) is 8.00. The third kappa shape index (κ3) is 2.72. The summed E-state index contributed by atoms with van der Waals surface area (Å²) in [6, 6.07) is 5.59. The van der Waals surface area contributed by atoms with Gasteiger partial charge in [-0.05, 0) is 18.7 Å². The van der Waals surface area contributed by atoms with Gasteiger partial charge in [0.25, 0.3) is 0 Å². The lowest BCUT2D eigenvalue weighted by molar-refractivity contribution is 0.184. The fourth-order valence-corrected chi connectivity index (χ4v) is 1.21. The quantitative estimate of drug-likeness (QED) is 0.734. The molecule has 0 aliphatic heterocycles. The van der Waals surface area contributed by atoms with E-state index < -0.39 is 0 Å². The molecule has 72 valence electrons. The van der Waals surface area contributed by atoms with Crippen LogP contribution in [-0.4, -0.2) is 19.3 Å². The maximum absolute atomic E-state index is 9.55. The number of hydrogen-bond acceptors (Lipinski definition) is 3. The molecular formula is C10H15NO2. The van der Waals surface area contributed by atoms with Crippen molar-refractivity contribution in [3.8, 4) is 5.75 Å². The Morgan fingerprint density at radius 3 is 2.77 bits per heavy atom. The van der Waals surface area contributed by atoms with Gasteiger partial charge < -0.3 is 15.2 Å². The van der Waals surface area contributed by atoms with Crippen LogP contribution >= 0.6 is 0 Å². The molecule has 0 bridgehead atoms. The van der Waals surface area contributed by atoms with Gasteiger partial charge in [-0.15, -0.1) is 0 Å². The van der Waals surface area contributed by atoms with Crippen LogP contribution in [0.15, 0.2) is 18.2 Å². The molecule has 13 heavy (non-hydrogen) atoms. The van der Waals surface area contributed by atoms with Crippen molar-refractivity contribution in [3.05, 3.63) is 29.3 Å². The molecule has 3 nitrogen and oxygen atoms in total. The molecule has 0 saturated heterocycles. The summed E-state index contributed by atoms with van der Waals surface area (Å²) < 4.78 is 4.96. The van der Waals surface area contributed by atoms with Crippen molar-refractivity contribution in [1.82, 2.24) is 5.32 Å². The van der Waals surface area contributed by atoms with Gasteiger partial charge in [0.2, 0.25) is 0 Å². The van der Waals surface area contributed by atoms with Crippen LogP contribution in [0.4, 0.5) is 0 Å². The van der Waals surface area contributed by atoms with Crippen molar-refractivity contribution >= 4 is 0 Å². The van der Waals surface area contributed by atoms with Gasteiger partial charge in [0.05, 0.1) is 6.61 Å². The highest BCUT2D eigenvalue weighted by Gasteiger charge is 2.00. The fourth-order valence-electron chi connectivity index (χ4n) is 1.21. The molecule has 1 rings (SSSR count). The second-order valence-electron chi connectivity index (χ2n) is 2.93. The molecule has 0 aromatic heterocycles. The van der Waals surface area contributed by atoms with E-state index in [2.05, 4.69) is 5.32 Å². The Labute approximate surface area is 78.3 Å². The maximum Gasteiger partial charge on any atom is 0.120 e. The summed E-state index contributed by atoms with van der Waals surface area (Å²) in [6.45, 7) is 1.21. The number of nitrogens with one attached hydrogen (secondary N) is 1. The molecule has 3 heteroatoms. The molecule has 2 N–H and O–H groups in total. The molecule has 0 spiro atoms. The highest BCUT2D eigenvalue weighted by atomic mass is 16.5. The minimum Gasteiger partial charge on any atom is -0.508 e. The second kappa shape index (κ2) is 4.84. The van der Waals surface area contributed by atoms with E-state index in [0.717, 1.165) is 11.1 Å². The van der Waals surface area contributed by atoms with Gasteiger partial charge in [-0.2, -0.15) is 0 Å². The molecule has 0 heterocycles. The zero-order valence-electron chi connectivity index (χ0n) is 8.00. The molecular weight excluding hydrogens is 166 g/mol. The molecule has 0 aliphatic carbocycles. The largest absolute Gasteiger partial charge is 0.508 e. The van der Waals surface area contributed by atoms with Crippen LogP contribution in [0.25, 0.3) is 0 Å². The number of aromatic hydroxyl groups is 1. The van der Waals surface area contributed by atoms with E-state index in [0.29, 0.717) is 18.9 Å². The van der Waals surface area contributed by atoms with Gasteiger partial charge in [-0.1, -0.05) is 12.1 Å². The van der Waals surface area contributed by atoms with E-state index in [4.69, 9.17) is 4.74 Å². The molecule has 0 atom stereocenters. The van der Waals surface area contributed by atoms with E-state index in [-0.39, 0.29) is 0 Å². The summed E-state index contributed by atoms with van der Waals surface area (Å²) in [7, 11) is 3.49. The Bertz CT molecular complexity index is 274. The van der Waals surface area contributed by atoms with Crippen molar-refractivity contribution in [1.29, 1.82) is 0 Å². The fraction of sp³-hybridized carbons (Fsp3) is 0.400. The minimum atomic E-state index is 0.323. The number of benzene rings is 1. The van der Waals surface area contributed by atoms with Crippen LogP contribution in [0, 0.1) is 0 Å². The van der Waals surface area contributed by atoms with E-state index in [1.165, 1.54) is 0 Å². The van der Waals surface area contributed by atoms with E-state index >= 15 is 0 Å². The van der Waals surface area contributed by atoms with Gasteiger partial charge in [-0.3, -0.25) is 0 Å². The average molecular weight is 181 g/mol. The first-order valence-electron chi connectivity index (χ1n) is 4.22. The zero-order chi connectivity index (χ0) is 9.68. The van der Waals surface area contributed by atoms with Crippen LogP contribution in [-0.2, 0) is 17.9 Å². The second-order valence-corrected chi connectivity index (χ2v) is 2.93. The average Bonchev–Trinajstić information content (AvgIpc) is 2.10. The highest BCUT2D eigenvalue weighted by Crippen LogP contribution is 2.18. The SMILES string of the molecule is CNCc1ccc(COC)cc1O. The van der Waals surface area contributed by atoms with Crippen molar-refractivity contribution in [2.75, 3.05) is 14.2 Å². The van der Waals surface area contributed by atoms with Crippen molar-refractivity contribution in [2.45, 2.75) is 13.2 Å². The minimum absolute atomic E-state index is 0.323. The topological polar surface area (TPSA) is 41.5 Å². The molecule has 1 aromatic rings. The Morgan fingerprint density at radius 2 is 2.23 bits per heavy atom. The Kier molecular flexibility index (Phi) is 3.73. The number of phenolic OH excluding ortho intramolecular Hbond substituents is 1. The van der Waals surface area contributed by atoms with Crippen molar-refractivity contribution in [2.24, 2.45) is 0 Å². The van der Waals surface area contributed by atoms with Gasteiger partial charge in [0.15, 0.2) is 0 Å². The Balaban J connectivity index is 2.79. The number of methoxy groups -OCH3 is 1. The number of ether oxygens (including phenoxy) is 1. The molecule has 1 aromatic carbocycles. The maximum atomic E-state index is 9.55. The van der Waals surface area contributed by atoms with Crippen LogP contribution in [0.1, 0.15) is 11.1 Å². The first-order chi connectivity index (χ1) is 6.27. The monoisotopic (exact) mass is 181 g/mol. The first-order valence-corrected chi connectivity index (χ1v) is 4.22. The standard InChI is InChI=1S/C10H15NO2/c1-11-6-9-4-3-8(7-13-2)5-10(9)12/h3-5,11-12H,6-7H2,1-2H3. The summed E-state index contributed by atoms with van der Waals surface area (Å²) in [4.78, 5) is 0. The van der Waals surface area contributed by atoms with E-state index in [1.807, 2.05) is 19.2 Å². The van der Waals surface area contributed by atoms with E-state index in [1.54, 1.807) is 13.2 Å². The van der Waals surface area contributed by atoms with Gasteiger partial charge in [0, 0.05) is 19.2 Å². The van der Waals surface area contributed by atoms with Gasteiger partial charge >= 0.3 is 0 Å².